The van der Waals surface area contributed by atoms with E-state index in [1.54, 1.807) is 69.4 Å². The van der Waals surface area contributed by atoms with E-state index in [1.165, 1.54) is 29.5 Å². The molecule has 0 aliphatic carbocycles. The molecule has 0 radical (unpaired) electrons. The molecule has 45 heavy (non-hydrogen) atoms. The Morgan fingerprint density at radius 3 is 2.49 bits per heavy atom. The normalized spacial score (nSPS) is 11.9. The number of pyridine rings is 1. The second kappa shape index (κ2) is 13.1. The summed E-state index contributed by atoms with van der Waals surface area (Å²) in [7, 11) is 0. The Morgan fingerprint density at radius 2 is 1.82 bits per heavy atom. The molecule has 11 nitrogen and oxygen atoms in total. The molecule has 3 N–H and O–H groups in total. The van der Waals surface area contributed by atoms with Crippen LogP contribution in [0.1, 0.15) is 36.0 Å². The minimum absolute atomic E-state index is 0.00509. The van der Waals surface area contributed by atoms with Crippen molar-refractivity contribution in [2.75, 3.05) is 5.32 Å². The number of benzene rings is 2. The standard InChI is InChI=1S/C32H28FN5O6S/c1-32(2,3)43-31(42)35-20-10-8-19(9-11-20)29-37-27(38-44-29)21-12-7-18(16-22(21)33)17-24(30(40)41)36-28(39)26-14-13-25(45-26)23-6-4-5-15-34-23/h4-16,24H,17H2,1-3H3,(H,35,42)(H,36,39)(H,40,41). The van der Waals surface area contributed by atoms with Crippen LogP contribution >= 0.6 is 11.3 Å². The Labute approximate surface area is 261 Å². The van der Waals surface area contributed by atoms with Crippen LogP contribution in [0, 0.1) is 5.82 Å². The van der Waals surface area contributed by atoms with Gasteiger partial charge in [-0.25, -0.2) is 14.0 Å². The predicted molar refractivity (Wildman–Crippen MR) is 165 cm³/mol. The molecule has 0 saturated heterocycles. The van der Waals surface area contributed by atoms with Crippen LogP contribution in [0.4, 0.5) is 14.9 Å². The number of aromatic nitrogens is 3. The van der Waals surface area contributed by atoms with Crippen LogP contribution in [0.15, 0.2) is 83.5 Å². The van der Waals surface area contributed by atoms with E-state index in [0.717, 1.165) is 4.88 Å². The van der Waals surface area contributed by atoms with E-state index in [2.05, 4.69) is 25.8 Å². The zero-order valence-corrected chi connectivity index (χ0v) is 25.2. The van der Waals surface area contributed by atoms with Gasteiger partial charge in [0.25, 0.3) is 11.8 Å². The highest BCUT2D eigenvalue weighted by Crippen LogP contribution is 2.28. The third-order valence-corrected chi connectivity index (χ3v) is 7.37. The number of hydrogen-bond acceptors (Lipinski definition) is 9. The molecule has 0 saturated carbocycles. The predicted octanol–water partition coefficient (Wildman–Crippen LogP) is 6.44. The summed E-state index contributed by atoms with van der Waals surface area (Å²) in [6.07, 6.45) is 0.895. The quantitative estimate of drug-likeness (QED) is 0.167. The van der Waals surface area contributed by atoms with Crippen molar-refractivity contribution in [3.05, 3.63) is 95.3 Å². The molecule has 0 fully saturated rings. The number of halogens is 1. The van der Waals surface area contributed by atoms with Gasteiger partial charge in [-0.2, -0.15) is 4.98 Å². The van der Waals surface area contributed by atoms with Crippen molar-refractivity contribution in [3.8, 4) is 33.4 Å². The Balaban J connectivity index is 1.23. The molecule has 1 atom stereocenters. The maximum atomic E-state index is 15.2. The number of nitrogens with zero attached hydrogens (tertiary/aromatic N) is 3. The number of anilines is 1. The average Bonchev–Trinajstić information content (AvgIpc) is 3.68. The lowest BCUT2D eigenvalue weighted by molar-refractivity contribution is -0.139. The first kappa shape index (κ1) is 31.0. The first-order valence-corrected chi connectivity index (χ1v) is 14.5. The number of carbonyl (C=O) groups excluding carboxylic acids is 2. The van der Waals surface area contributed by atoms with Crippen LogP contribution < -0.4 is 10.6 Å². The van der Waals surface area contributed by atoms with Crippen LogP contribution in [0.3, 0.4) is 0 Å². The summed E-state index contributed by atoms with van der Waals surface area (Å²) in [5, 5.41) is 18.8. The zero-order valence-electron chi connectivity index (χ0n) is 24.4. The lowest BCUT2D eigenvalue weighted by atomic mass is 10.0. The number of aliphatic carboxylic acids is 1. The van der Waals surface area contributed by atoms with Gasteiger partial charge in [-0.1, -0.05) is 17.3 Å². The largest absolute Gasteiger partial charge is 0.480 e. The van der Waals surface area contributed by atoms with Gasteiger partial charge in [-0.05, 0) is 87.0 Å². The number of amides is 2. The van der Waals surface area contributed by atoms with Gasteiger partial charge in [0, 0.05) is 23.9 Å². The van der Waals surface area contributed by atoms with Gasteiger partial charge in [0.05, 0.1) is 21.0 Å². The van der Waals surface area contributed by atoms with E-state index in [4.69, 9.17) is 9.26 Å². The number of carboxylic acid groups (broad SMARTS) is 1. The summed E-state index contributed by atoms with van der Waals surface area (Å²) >= 11 is 1.19. The Bertz CT molecular complexity index is 1830. The number of ether oxygens (including phenoxy) is 1. The van der Waals surface area contributed by atoms with Crippen LogP contribution in [-0.4, -0.2) is 49.8 Å². The Kier molecular flexibility index (Phi) is 9.00. The highest BCUT2D eigenvalue weighted by atomic mass is 32.1. The first-order chi connectivity index (χ1) is 21.4. The molecule has 1 unspecified atom stereocenters. The van der Waals surface area contributed by atoms with E-state index in [0.29, 0.717) is 27.4 Å². The third-order valence-electron chi connectivity index (χ3n) is 6.27. The molecule has 2 amide bonds. The number of nitrogens with one attached hydrogen (secondary N) is 2. The zero-order chi connectivity index (χ0) is 32.1. The molecule has 230 valence electrons. The van der Waals surface area contributed by atoms with Crippen LogP contribution in [0.25, 0.3) is 33.4 Å². The van der Waals surface area contributed by atoms with Gasteiger partial charge in [0.15, 0.2) is 0 Å². The van der Waals surface area contributed by atoms with E-state index in [1.807, 2.05) is 12.1 Å². The van der Waals surface area contributed by atoms with Gasteiger partial charge in [0.2, 0.25) is 5.82 Å². The van der Waals surface area contributed by atoms with E-state index in [-0.39, 0.29) is 23.7 Å². The summed E-state index contributed by atoms with van der Waals surface area (Å²) in [4.78, 5) is 46.4. The topological polar surface area (TPSA) is 157 Å². The second-order valence-electron chi connectivity index (χ2n) is 10.9. The summed E-state index contributed by atoms with van der Waals surface area (Å²) in [6.45, 7) is 5.29. The van der Waals surface area contributed by atoms with Crippen molar-refractivity contribution < 1.29 is 33.1 Å². The highest BCUT2D eigenvalue weighted by Gasteiger charge is 2.24. The molecule has 0 spiro atoms. The molecular formula is C32H28FN5O6S. The van der Waals surface area contributed by atoms with Gasteiger partial charge in [-0.3, -0.25) is 15.1 Å². The molecule has 5 rings (SSSR count). The van der Waals surface area contributed by atoms with Gasteiger partial charge in [-0.15, -0.1) is 11.3 Å². The Morgan fingerprint density at radius 1 is 1.04 bits per heavy atom. The smallest absolute Gasteiger partial charge is 0.412 e. The minimum Gasteiger partial charge on any atom is -0.480 e. The summed E-state index contributed by atoms with van der Waals surface area (Å²) in [5.74, 6) is -2.38. The van der Waals surface area contributed by atoms with Crippen molar-refractivity contribution in [1.29, 1.82) is 0 Å². The lowest BCUT2D eigenvalue weighted by Gasteiger charge is -2.19. The molecule has 0 aliphatic rings. The van der Waals surface area contributed by atoms with E-state index >= 15 is 4.39 Å². The van der Waals surface area contributed by atoms with Crippen molar-refractivity contribution in [3.63, 3.8) is 0 Å². The highest BCUT2D eigenvalue weighted by molar-refractivity contribution is 7.17. The molecule has 13 heteroatoms. The molecule has 3 aromatic heterocycles. The molecule has 0 bridgehead atoms. The molecule has 3 heterocycles. The first-order valence-electron chi connectivity index (χ1n) is 13.7. The fourth-order valence-electron chi connectivity index (χ4n) is 4.21. The van der Waals surface area contributed by atoms with Crippen LogP contribution in [0.5, 0.6) is 0 Å². The van der Waals surface area contributed by atoms with Crippen LogP contribution in [-0.2, 0) is 16.0 Å². The van der Waals surface area contributed by atoms with Crippen molar-refractivity contribution >= 4 is 35.0 Å². The number of thiophene rings is 1. The fraction of sp³-hybridized carbons (Fsp3) is 0.188. The van der Waals surface area contributed by atoms with Gasteiger partial charge < -0.3 is 19.7 Å². The van der Waals surface area contributed by atoms with Crippen molar-refractivity contribution in [1.82, 2.24) is 20.4 Å². The third kappa shape index (κ3) is 7.95. The maximum absolute atomic E-state index is 15.2. The number of rotatable bonds is 9. The summed E-state index contributed by atoms with van der Waals surface area (Å²) < 4.78 is 25.7. The monoisotopic (exact) mass is 629 g/mol. The SMILES string of the molecule is CC(C)(C)OC(=O)Nc1ccc(-c2nc(-c3ccc(CC(NC(=O)c4ccc(-c5ccccn5)s4)C(=O)O)cc3F)no2)cc1. The maximum Gasteiger partial charge on any atom is 0.412 e. The van der Waals surface area contributed by atoms with Crippen LogP contribution in [0.2, 0.25) is 0 Å². The molecule has 5 aromatic rings. The number of carboxylic acids is 1. The second-order valence-corrected chi connectivity index (χ2v) is 12.0. The lowest BCUT2D eigenvalue weighted by Crippen LogP contribution is -2.42. The van der Waals surface area contributed by atoms with Crippen molar-refractivity contribution in [2.24, 2.45) is 0 Å². The van der Waals surface area contributed by atoms with Crippen molar-refractivity contribution in [2.45, 2.75) is 38.8 Å². The van der Waals surface area contributed by atoms with Gasteiger partial charge >= 0.3 is 12.1 Å². The van der Waals surface area contributed by atoms with E-state index in [9.17, 15) is 19.5 Å². The average molecular weight is 630 g/mol. The van der Waals surface area contributed by atoms with E-state index < -0.39 is 35.4 Å². The Hall–Kier alpha value is -5.43. The number of hydrogen-bond donors (Lipinski definition) is 3. The van der Waals surface area contributed by atoms with Gasteiger partial charge in [0.1, 0.15) is 17.5 Å². The number of carbonyl (C=O) groups is 3. The summed E-state index contributed by atoms with van der Waals surface area (Å²) in [5.41, 5.74) is 1.50. The molecule has 2 aromatic carbocycles. The fourth-order valence-corrected chi connectivity index (χ4v) is 5.09. The molecular weight excluding hydrogens is 601 g/mol. The minimum atomic E-state index is -1.30. The summed E-state index contributed by atoms with van der Waals surface area (Å²) in [6, 6.07) is 18.2. The molecule has 0 aliphatic heterocycles.